The SMILES string of the molecule is CC(=O)C12CC(C(=O)Cl)(C1)C2.CC(=O)C12CC(C3=NC(C)(C)CO3)(C1)C2.CC(C)(N)CO.O=S(Cl)Cl. The summed E-state index contributed by atoms with van der Waals surface area (Å²) in [5.41, 5.74) is 4.57. The van der Waals surface area contributed by atoms with E-state index in [9.17, 15) is 14.4 Å². The maximum absolute atomic E-state index is 11.4. The van der Waals surface area contributed by atoms with Crippen molar-refractivity contribution in [2.45, 2.75) is 91.1 Å². The molecule has 0 atom stereocenters. The summed E-state index contributed by atoms with van der Waals surface area (Å²) in [7, 11) is 7.36. The minimum absolute atomic E-state index is 0.0125. The van der Waals surface area contributed by atoms with E-state index in [2.05, 4.69) is 40.2 Å². The number of carbonyl (C=O) groups excluding carboxylic acids is 3. The summed E-state index contributed by atoms with van der Waals surface area (Å²) in [4.78, 5) is 37.8. The summed E-state index contributed by atoms with van der Waals surface area (Å²) in [5, 5.41) is 8.03. The molecule has 1 heterocycles. The first-order chi connectivity index (χ1) is 16.2. The zero-order valence-electron chi connectivity index (χ0n) is 21.7. The van der Waals surface area contributed by atoms with E-state index in [0.717, 1.165) is 25.2 Å². The number of carbonyl (C=O) groups is 3. The highest BCUT2D eigenvalue weighted by Crippen LogP contribution is 2.75. The fourth-order valence-electron chi connectivity index (χ4n) is 5.61. The highest BCUT2D eigenvalue weighted by atomic mass is 36.0. The van der Waals surface area contributed by atoms with Crippen molar-refractivity contribution < 1.29 is 28.4 Å². The van der Waals surface area contributed by atoms with Crippen LogP contribution in [0.15, 0.2) is 4.99 Å². The minimum Gasteiger partial charge on any atom is -0.478 e. The van der Waals surface area contributed by atoms with Crippen molar-refractivity contribution in [2.75, 3.05) is 13.2 Å². The molecule has 206 valence electrons. The van der Waals surface area contributed by atoms with E-state index in [1.165, 1.54) is 0 Å². The molecule has 36 heavy (non-hydrogen) atoms. The van der Waals surface area contributed by atoms with Crippen molar-refractivity contribution >= 4 is 64.9 Å². The second-order valence-corrected chi connectivity index (χ2v) is 15.3. The van der Waals surface area contributed by atoms with Crippen LogP contribution in [0.3, 0.4) is 0 Å². The van der Waals surface area contributed by atoms with Crippen LogP contribution in [0.2, 0.25) is 0 Å². The molecule has 7 rings (SSSR count). The van der Waals surface area contributed by atoms with Crippen molar-refractivity contribution in [2.24, 2.45) is 32.4 Å². The normalized spacial score (nSPS) is 35.6. The van der Waals surface area contributed by atoms with Gasteiger partial charge in [-0.05, 0) is 91.7 Å². The topological polar surface area (TPSA) is 136 Å². The quantitative estimate of drug-likeness (QED) is 0.460. The molecule has 0 amide bonds. The monoisotopic (exact) mass is 586 g/mol. The number of Topliss-reactive ketones (excluding diaryl/α,β-unsaturated/α-hetero) is 2. The molecule has 1 aliphatic heterocycles. The van der Waals surface area contributed by atoms with E-state index in [-0.39, 0.29) is 44.8 Å². The van der Waals surface area contributed by atoms with E-state index >= 15 is 0 Å². The Hall–Kier alpha value is -0.580. The fraction of sp³-hybridized carbons (Fsp3) is 0.833. The first-order valence-electron chi connectivity index (χ1n) is 11.8. The Morgan fingerprint density at radius 1 is 1.00 bits per heavy atom. The van der Waals surface area contributed by atoms with Crippen LogP contribution in [-0.4, -0.2) is 56.3 Å². The van der Waals surface area contributed by atoms with Gasteiger partial charge >= 0.3 is 0 Å². The third-order valence-corrected chi connectivity index (χ3v) is 8.20. The molecule has 6 saturated carbocycles. The van der Waals surface area contributed by atoms with E-state index in [1.807, 2.05) is 0 Å². The van der Waals surface area contributed by atoms with Gasteiger partial charge in [0, 0.05) is 48.6 Å². The molecule has 8 nitrogen and oxygen atoms in total. The number of nitrogens with two attached hydrogens (primary N) is 1. The molecule has 0 aromatic carbocycles. The Kier molecular flexibility index (Phi) is 9.25. The van der Waals surface area contributed by atoms with Crippen molar-refractivity contribution in [1.29, 1.82) is 0 Å². The predicted octanol–water partition coefficient (Wildman–Crippen LogP) is 4.22. The van der Waals surface area contributed by atoms with Gasteiger partial charge in [-0.1, -0.05) is 0 Å². The van der Waals surface area contributed by atoms with Crippen LogP contribution in [-0.2, 0) is 28.3 Å². The zero-order chi connectivity index (χ0) is 28.0. The summed E-state index contributed by atoms with van der Waals surface area (Å²) < 4.78 is 14.8. The first-order valence-corrected chi connectivity index (χ1v) is 15.0. The molecular weight excluding hydrogens is 551 g/mol. The number of ether oxygens (including phenoxy) is 1. The number of hydrogen-bond acceptors (Lipinski definition) is 8. The number of rotatable bonds is 5. The van der Waals surface area contributed by atoms with Gasteiger partial charge in [-0.2, -0.15) is 0 Å². The van der Waals surface area contributed by atoms with E-state index in [1.54, 1.807) is 27.7 Å². The molecule has 0 saturated heterocycles. The molecule has 0 radical (unpaired) electrons. The molecule has 3 N–H and O–H groups in total. The molecule has 6 fully saturated rings. The van der Waals surface area contributed by atoms with Gasteiger partial charge in [0.1, 0.15) is 18.2 Å². The van der Waals surface area contributed by atoms with Crippen molar-refractivity contribution in [3.63, 3.8) is 0 Å². The van der Waals surface area contributed by atoms with Gasteiger partial charge in [-0.3, -0.25) is 14.4 Å². The molecule has 4 bridgehead atoms. The second kappa shape index (κ2) is 10.5. The number of hydrogen-bond donors (Lipinski definition) is 2. The maximum atomic E-state index is 11.4. The fourth-order valence-corrected chi connectivity index (χ4v) is 5.81. The molecule has 12 heteroatoms. The number of aliphatic imine (C=N–C) groups is 1. The van der Waals surface area contributed by atoms with Crippen LogP contribution in [0, 0.1) is 21.7 Å². The lowest BCUT2D eigenvalue weighted by Gasteiger charge is -2.68. The van der Waals surface area contributed by atoms with Crippen molar-refractivity contribution in [3.8, 4) is 0 Å². The van der Waals surface area contributed by atoms with Gasteiger partial charge in [0.2, 0.25) is 14.5 Å². The zero-order valence-corrected chi connectivity index (χ0v) is 24.8. The van der Waals surface area contributed by atoms with E-state index < -0.39 is 14.8 Å². The van der Waals surface area contributed by atoms with Gasteiger partial charge in [-0.15, -0.1) is 0 Å². The molecule has 6 aliphatic carbocycles. The van der Waals surface area contributed by atoms with Gasteiger partial charge in [-0.25, -0.2) is 9.20 Å². The van der Waals surface area contributed by atoms with Crippen LogP contribution in [0.4, 0.5) is 0 Å². The third kappa shape index (κ3) is 6.52. The third-order valence-electron chi connectivity index (χ3n) is 7.80. The average Bonchev–Trinajstić information content (AvgIpc) is 2.88. The highest BCUT2D eigenvalue weighted by Gasteiger charge is 2.74. The Bertz CT molecular complexity index is 908. The van der Waals surface area contributed by atoms with Crippen LogP contribution in [0.5, 0.6) is 0 Å². The Balaban J connectivity index is 0.000000191. The number of aliphatic hydroxyl groups is 1. The van der Waals surface area contributed by atoms with E-state index in [4.69, 9.17) is 31.4 Å². The van der Waals surface area contributed by atoms with E-state index in [0.29, 0.717) is 31.7 Å². The molecule has 0 aromatic rings. The first kappa shape index (κ1) is 31.6. The van der Waals surface area contributed by atoms with Crippen LogP contribution >= 0.6 is 33.0 Å². The lowest BCUT2D eigenvalue weighted by Crippen LogP contribution is -2.68. The lowest BCUT2D eigenvalue weighted by molar-refractivity contribution is -0.198. The van der Waals surface area contributed by atoms with Gasteiger partial charge in [0.25, 0.3) is 0 Å². The smallest absolute Gasteiger partial charge is 0.227 e. The summed E-state index contributed by atoms with van der Waals surface area (Å²) in [6.07, 6.45) is 5.05. The number of halogens is 3. The molecule has 0 aromatic heterocycles. The number of nitrogens with zero attached hydrogens (tertiary/aromatic N) is 1. The molecule has 0 unspecified atom stereocenters. The number of ketones is 2. The maximum Gasteiger partial charge on any atom is 0.227 e. The van der Waals surface area contributed by atoms with Gasteiger partial charge < -0.3 is 15.6 Å². The Morgan fingerprint density at radius 3 is 1.61 bits per heavy atom. The average molecular weight is 588 g/mol. The van der Waals surface area contributed by atoms with Crippen LogP contribution in [0.1, 0.15) is 80.1 Å². The highest BCUT2D eigenvalue weighted by molar-refractivity contribution is 8.26. The molecular formula is C24H37Cl3N2O6S. The van der Waals surface area contributed by atoms with Crippen molar-refractivity contribution in [1.82, 2.24) is 0 Å². The standard InChI is InChI=1S/C12H17NO2.C8H9ClO2.C4H11NO.Cl2OS/c1-8(14)11-4-12(5-11,6-11)9-13-10(2,3)7-15-9;1-5(10)7-2-8(3-7,4-7)6(9)11;1-4(2,5)3-6;1-4(2)3/h4-7H2,1-3H3;2-4H2,1H3;6H,3,5H2,1-2H3;. The summed E-state index contributed by atoms with van der Waals surface area (Å²) in [6.45, 7) is 11.8. The second-order valence-electron chi connectivity index (χ2n) is 12.4. The Labute approximate surface area is 229 Å². The number of aliphatic hydroxyl groups excluding tert-OH is 1. The molecule has 7 aliphatic rings. The minimum atomic E-state index is -1.67. The summed E-state index contributed by atoms with van der Waals surface area (Å²) in [5.74, 6) is 1.50. The molecule has 0 spiro atoms. The largest absolute Gasteiger partial charge is 0.478 e. The van der Waals surface area contributed by atoms with Gasteiger partial charge in [0.05, 0.1) is 12.1 Å². The van der Waals surface area contributed by atoms with Crippen molar-refractivity contribution in [3.05, 3.63) is 0 Å². The summed E-state index contributed by atoms with van der Waals surface area (Å²) in [6, 6.07) is 0. The van der Waals surface area contributed by atoms with Crippen LogP contribution in [0.25, 0.3) is 0 Å². The van der Waals surface area contributed by atoms with Gasteiger partial charge in [0.15, 0.2) is 5.90 Å². The van der Waals surface area contributed by atoms with Crippen LogP contribution < -0.4 is 5.73 Å². The lowest BCUT2D eigenvalue weighted by atomic mass is 9.34. The predicted molar refractivity (Wildman–Crippen MR) is 142 cm³/mol. The summed E-state index contributed by atoms with van der Waals surface area (Å²) >= 11 is 5.38. The Morgan fingerprint density at radius 2 is 1.36 bits per heavy atom.